The first-order valence-corrected chi connectivity index (χ1v) is 6.61. The van der Waals surface area contributed by atoms with Gasteiger partial charge < -0.3 is 14.2 Å². The van der Waals surface area contributed by atoms with Gasteiger partial charge in [0, 0.05) is 22.4 Å². The Bertz CT molecular complexity index is 475. The molecule has 1 saturated heterocycles. The minimum Gasteiger partial charge on any atom is -0.497 e. The highest BCUT2D eigenvalue weighted by Gasteiger charge is 2.35. The van der Waals surface area contributed by atoms with E-state index in [0.717, 1.165) is 17.7 Å². The predicted molar refractivity (Wildman–Crippen MR) is 74.4 cm³/mol. The van der Waals surface area contributed by atoms with Crippen molar-refractivity contribution in [2.45, 2.75) is 19.6 Å². The van der Waals surface area contributed by atoms with Gasteiger partial charge in [-0.05, 0) is 24.1 Å². The Hall–Kier alpha value is -1.75. The second-order valence-corrected chi connectivity index (χ2v) is 4.97. The Morgan fingerprint density at radius 3 is 2.50 bits per heavy atom. The Balaban J connectivity index is 2.00. The van der Waals surface area contributed by atoms with Crippen molar-refractivity contribution in [1.29, 1.82) is 0 Å². The highest BCUT2D eigenvalue weighted by molar-refractivity contribution is 5.27. The molecule has 1 aromatic rings. The number of benzene rings is 1. The van der Waals surface area contributed by atoms with Crippen LogP contribution < -0.4 is 4.74 Å². The Morgan fingerprint density at radius 1 is 1.35 bits per heavy atom. The molecule has 1 aliphatic rings. The molecule has 0 amide bonds. The molecular weight excluding hydrogens is 258 g/mol. The molecule has 1 heterocycles. The van der Waals surface area contributed by atoms with Gasteiger partial charge in [0.25, 0.3) is 0 Å². The molecule has 0 spiro atoms. The van der Waals surface area contributed by atoms with Gasteiger partial charge in [0.1, 0.15) is 5.75 Å². The molecule has 0 aromatic heterocycles. The zero-order chi connectivity index (χ0) is 14.4. The molecule has 2 rings (SSSR count). The molecule has 0 saturated carbocycles. The first-order chi connectivity index (χ1) is 9.73. The maximum Gasteiger partial charge on any atom is 0.183 e. The zero-order valence-corrected chi connectivity index (χ0v) is 11.8. The van der Waals surface area contributed by atoms with E-state index < -0.39 is 0 Å². The van der Waals surface area contributed by atoms with E-state index in [4.69, 9.17) is 19.7 Å². The quantitative estimate of drug-likeness (QED) is 0.470. The van der Waals surface area contributed by atoms with Gasteiger partial charge in [-0.2, -0.15) is 0 Å². The average Bonchev–Trinajstić information content (AvgIpc) is 2.53. The maximum absolute atomic E-state index is 8.45. The fraction of sp³-hybridized carbons (Fsp3) is 0.571. The summed E-state index contributed by atoms with van der Waals surface area (Å²) in [6.45, 7) is 3.50. The molecule has 0 radical (unpaired) electrons. The number of ether oxygens (including phenoxy) is 3. The molecule has 6 heteroatoms. The smallest absolute Gasteiger partial charge is 0.183 e. The van der Waals surface area contributed by atoms with E-state index in [-0.39, 0.29) is 11.7 Å². The third-order valence-corrected chi connectivity index (χ3v) is 3.69. The molecule has 6 nitrogen and oxygen atoms in total. The van der Waals surface area contributed by atoms with Gasteiger partial charge in [-0.15, -0.1) is 0 Å². The largest absolute Gasteiger partial charge is 0.497 e. The molecular formula is C14H19N3O3. The molecule has 1 aliphatic heterocycles. The van der Waals surface area contributed by atoms with Crippen molar-refractivity contribution in [3.63, 3.8) is 0 Å². The summed E-state index contributed by atoms with van der Waals surface area (Å²) in [6, 6.07) is 7.61. The topological polar surface area (TPSA) is 76.5 Å². The van der Waals surface area contributed by atoms with Crippen LogP contribution in [0.25, 0.3) is 10.4 Å². The molecule has 20 heavy (non-hydrogen) atoms. The summed E-state index contributed by atoms with van der Waals surface area (Å²) in [5.41, 5.74) is 9.20. The standard InChI is InChI=1S/C14H19N3O3/c1-3-14(8-16-17-15)9-19-13(20-10-14)11-4-6-12(18-2)7-5-11/h4-7,13H,3,8-10H2,1-2H3. The summed E-state index contributed by atoms with van der Waals surface area (Å²) in [6.07, 6.45) is 0.480. The molecule has 1 aromatic carbocycles. The maximum atomic E-state index is 8.45. The van der Waals surface area contributed by atoms with Crippen LogP contribution in [0, 0.1) is 5.41 Å². The van der Waals surface area contributed by atoms with E-state index in [1.165, 1.54) is 0 Å². The summed E-state index contributed by atoms with van der Waals surface area (Å²) < 4.78 is 16.7. The van der Waals surface area contributed by atoms with Crippen molar-refractivity contribution in [1.82, 2.24) is 0 Å². The number of methoxy groups -OCH3 is 1. The SMILES string of the molecule is CCC1(CN=[N+]=[N-])COC(c2ccc(OC)cc2)OC1. The normalized spacial score (nSPS) is 25.8. The monoisotopic (exact) mass is 277 g/mol. The summed E-state index contributed by atoms with van der Waals surface area (Å²) in [5.74, 6) is 0.802. The third-order valence-electron chi connectivity index (χ3n) is 3.69. The second-order valence-electron chi connectivity index (χ2n) is 4.97. The Morgan fingerprint density at radius 2 is 2.00 bits per heavy atom. The molecule has 0 aliphatic carbocycles. The number of azide groups is 1. The summed E-state index contributed by atoms with van der Waals surface area (Å²) in [5, 5.41) is 3.66. The lowest BCUT2D eigenvalue weighted by Crippen LogP contribution is -2.40. The van der Waals surface area contributed by atoms with E-state index in [9.17, 15) is 0 Å². The number of hydrogen-bond acceptors (Lipinski definition) is 4. The van der Waals surface area contributed by atoms with Crippen molar-refractivity contribution < 1.29 is 14.2 Å². The third kappa shape index (κ3) is 3.22. The van der Waals surface area contributed by atoms with Crippen LogP contribution in [0.2, 0.25) is 0 Å². The van der Waals surface area contributed by atoms with Gasteiger partial charge in [-0.1, -0.05) is 24.2 Å². The number of hydrogen-bond donors (Lipinski definition) is 0. The van der Waals surface area contributed by atoms with E-state index in [2.05, 4.69) is 10.0 Å². The summed E-state index contributed by atoms with van der Waals surface area (Å²) in [7, 11) is 1.63. The first-order valence-electron chi connectivity index (χ1n) is 6.61. The van der Waals surface area contributed by atoms with Crippen LogP contribution in [0.15, 0.2) is 29.4 Å². The Kier molecular flexibility index (Phi) is 4.84. The van der Waals surface area contributed by atoms with Gasteiger partial charge in [0.2, 0.25) is 0 Å². The average molecular weight is 277 g/mol. The predicted octanol–water partition coefficient (Wildman–Crippen LogP) is 3.45. The highest BCUT2D eigenvalue weighted by atomic mass is 16.7. The lowest BCUT2D eigenvalue weighted by atomic mass is 9.86. The van der Waals surface area contributed by atoms with E-state index >= 15 is 0 Å². The van der Waals surface area contributed by atoms with Crippen LogP contribution in [0.5, 0.6) is 5.75 Å². The molecule has 108 valence electrons. The Labute approximate surface area is 118 Å². The molecule has 0 N–H and O–H groups in total. The lowest BCUT2D eigenvalue weighted by molar-refractivity contribution is -0.232. The second kappa shape index (κ2) is 6.61. The van der Waals surface area contributed by atoms with Crippen LogP contribution in [-0.4, -0.2) is 26.9 Å². The van der Waals surface area contributed by atoms with Gasteiger partial charge >= 0.3 is 0 Å². The van der Waals surface area contributed by atoms with Crippen LogP contribution in [0.4, 0.5) is 0 Å². The molecule has 0 unspecified atom stereocenters. The lowest BCUT2D eigenvalue weighted by Gasteiger charge is -2.38. The van der Waals surface area contributed by atoms with Crippen LogP contribution in [0.1, 0.15) is 25.2 Å². The van der Waals surface area contributed by atoms with E-state index in [1.54, 1.807) is 7.11 Å². The van der Waals surface area contributed by atoms with Crippen LogP contribution in [0.3, 0.4) is 0 Å². The van der Waals surface area contributed by atoms with Crippen molar-refractivity contribution >= 4 is 0 Å². The molecule has 1 fully saturated rings. The van der Waals surface area contributed by atoms with E-state index in [0.29, 0.717) is 19.8 Å². The van der Waals surface area contributed by atoms with Crippen molar-refractivity contribution in [2.24, 2.45) is 10.5 Å². The summed E-state index contributed by atoms with van der Waals surface area (Å²) in [4.78, 5) is 2.82. The van der Waals surface area contributed by atoms with Gasteiger partial charge in [-0.25, -0.2) is 0 Å². The molecule has 0 bridgehead atoms. The van der Waals surface area contributed by atoms with Crippen molar-refractivity contribution in [2.75, 3.05) is 26.9 Å². The van der Waals surface area contributed by atoms with Gasteiger partial charge in [0.05, 0.1) is 20.3 Å². The summed E-state index contributed by atoms with van der Waals surface area (Å²) >= 11 is 0. The van der Waals surface area contributed by atoms with Crippen LogP contribution >= 0.6 is 0 Å². The van der Waals surface area contributed by atoms with Gasteiger partial charge in [-0.3, -0.25) is 0 Å². The first kappa shape index (κ1) is 14.7. The van der Waals surface area contributed by atoms with E-state index in [1.807, 2.05) is 31.2 Å². The van der Waals surface area contributed by atoms with Crippen molar-refractivity contribution in [3.8, 4) is 5.75 Å². The fourth-order valence-electron chi connectivity index (χ4n) is 2.14. The highest BCUT2D eigenvalue weighted by Crippen LogP contribution is 2.34. The number of rotatable bonds is 5. The van der Waals surface area contributed by atoms with Crippen LogP contribution in [-0.2, 0) is 9.47 Å². The minimum absolute atomic E-state index is 0.213. The van der Waals surface area contributed by atoms with Gasteiger partial charge in [0.15, 0.2) is 6.29 Å². The minimum atomic E-state index is -0.369. The fourth-order valence-corrected chi connectivity index (χ4v) is 2.14. The number of nitrogens with zero attached hydrogens (tertiary/aromatic N) is 3. The van der Waals surface area contributed by atoms with Crippen molar-refractivity contribution in [3.05, 3.63) is 40.3 Å². The molecule has 0 atom stereocenters. The zero-order valence-electron chi connectivity index (χ0n) is 11.8.